The summed E-state index contributed by atoms with van der Waals surface area (Å²) < 4.78 is 31.7. The van der Waals surface area contributed by atoms with Crippen molar-refractivity contribution in [3.05, 3.63) is 29.8 Å². The highest BCUT2D eigenvalue weighted by Gasteiger charge is 2.49. The molecule has 0 bridgehead atoms. The third-order valence-electron chi connectivity index (χ3n) is 3.32. The lowest BCUT2D eigenvalue weighted by atomic mass is 9.97. The highest BCUT2D eigenvalue weighted by molar-refractivity contribution is 7.99. The number of hydrogen-bond donors (Lipinski definition) is 1. The van der Waals surface area contributed by atoms with Crippen LogP contribution < -0.4 is 5.73 Å². The van der Waals surface area contributed by atoms with E-state index >= 15 is 0 Å². The lowest BCUT2D eigenvalue weighted by molar-refractivity contribution is -0.149. The second kappa shape index (κ2) is 6.10. The largest absolute Gasteiger partial charge is 0.465 e. The Bertz CT molecular complexity index is 508. The first-order valence-electron chi connectivity index (χ1n) is 6.51. The van der Waals surface area contributed by atoms with Crippen molar-refractivity contribution in [1.29, 1.82) is 0 Å². The highest BCUT2D eigenvalue weighted by atomic mass is 32.2. The first kappa shape index (κ1) is 15.3. The number of thioether (sulfide) groups is 1. The smallest absolute Gasteiger partial charge is 0.327 e. The molecule has 0 spiro atoms. The predicted molar refractivity (Wildman–Crippen MR) is 73.4 cm³/mol. The first-order chi connectivity index (χ1) is 9.47. The molecule has 3 nitrogen and oxygen atoms in total. The second-order valence-electron chi connectivity index (χ2n) is 4.90. The average Bonchev–Trinajstić information content (AvgIpc) is 3.24. The maximum Gasteiger partial charge on any atom is 0.327 e. The van der Waals surface area contributed by atoms with Crippen molar-refractivity contribution in [3.8, 4) is 0 Å². The van der Waals surface area contributed by atoms with Gasteiger partial charge in [0.25, 0.3) is 0 Å². The SMILES string of the molecule is CCOC(=O)C(N)(CSc1cc(F)ccc1F)C1CC1. The molecule has 0 radical (unpaired) electrons. The van der Waals surface area contributed by atoms with Crippen molar-refractivity contribution < 1.29 is 18.3 Å². The lowest BCUT2D eigenvalue weighted by Crippen LogP contribution is -2.53. The third kappa shape index (κ3) is 3.30. The minimum Gasteiger partial charge on any atom is -0.465 e. The molecule has 2 N–H and O–H groups in total. The van der Waals surface area contributed by atoms with Gasteiger partial charge in [0.1, 0.15) is 17.2 Å². The summed E-state index contributed by atoms with van der Waals surface area (Å²) in [6.45, 7) is 1.97. The van der Waals surface area contributed by atoms with Crippen LogP contribution in [0.25, 0.3) is 0 Å². The van der Waals surface area contributed by atoms with Gasteiger partial charge in [-0.3, -0.25) is 4.79 Å². The van der Waals surface area contributed by atoms with Gasteiger partial charge in [0.15, 0.2) is 0 Å². The summed E-state index contributed by atoms with van der Waals surface area (Å²) in [6.07, 6.45) is 1.73. The minimum absolute atomic E-state index is 0.0608. The molecule has 1 unspecified atom stereocenters. The third-order valence-corrected chi connectivity index (χ3v) is 4.57. The molecule has 20 heavy (non-hydrogen) atoms. The van der Waals surface area contributed by atoms with Gasteiger partial charge in [-0.1, -0.05) is 0 Å². The maximum atomic E-state index is 13.6. The van der Waals surface area contributed by atoms with Crippen molar-refractivity contribution >= 4 is 17.7 Å². The quantitative estimate of drug-likeness (QED) is 0.648. The van der Waals surface area contributed by atoms with E-state index in [4.69, 9.17) is 10.5 Å². The van der Waals surface area contributed by atoms with Crippen LogP contribution in [-0.2, 0) is 9.53 Å². The molecule has 1 aromatic carbocycles. The van der Waals surface area contributed by atoms with Gasteiger partial charge < -0.3 is 10.5 Å². The number of ether oxygens (including phenoxy) is 1. The molecule has 0 saturated heterocycles. The van der Waals surface area contributed by atoms with E-state index in [1.165, 1.54) is 0 Å². The Hall–Kier alpha value is -1.14. The number of nitrogens with two attached hydrogens (primary N) is 1. The standard InChI is InChI=1S/C14H17F2NO2S/c1-2-19-13(18)14(17,9-3-4-9)8-20-12-7-10(15)5-6-11(12)16/h5-7,9H,2-4,8,17H2,1H3. The van der Waals surface area contributed by atoms with Crippen LogP contribution in [0.5, 0.6) is 0 Å². The van der Waals surface area contributed by atoms with Crippen LogP contribution in [0.1, 0.15) is 19.8 Å². The normalized spacial score (nSPS) is 17.6. The van der Waals surface area contributed by atoms with Crippen LogP contribution >= 0.6 is 11.8 Å². The maximum absolute atomic E-state index is 13.6. The van der Waals surface area contributed by atoms with E-state index in [0.717, 1.165) is 42.8 Å². The van der Waals surface area contributed by atoms with E-state index in [9.17, 15) is 13.6 Å². The van der Waals surface area contributed by atoms with Crippen LogP contribution in [0.2, 0.25) is 0 Å². The Balaban J connectivity index is 2.09. The summed E-state index contributed by atoms with van der Waals surface area (Å²) in [7, 11) is 0. The molecule has 1 atom stereocenters. The van der Waals surface area contributed by atoms with Crippen LogP contribution in [0.15, 0.2) is 23.1 Å². The van der Waals surface area contributed by atoms with Gasteiger partial charge in [-0.25, -0.2) is 8.78 Å². The summed E-state index contributed by atoms with van der Waals surface area (Å²) in [6, 6.07) is 3.23. The molecule has 1 fully saturated rings. The number of carbonyl (C=O) groups is 1. The molecule has 6 heteroatoms. The van der Waals surface area contributed by atoms with Crippen LogP contribution in [0.3, 0.4) is 0 Å². The summed E-state index contributed by atoms with van der Waals surface area (Å²) in [5.41, 5.74) is 5.03. The molecule has 110 valence electrons. The molecular weight excluding hydrogens is 284 g/mol. The van der Waals surface area contributed by atoms with Gasteiger partial charge >= 0.3 is 5.97 Å². The molecule has 1 aliphatic carbocycles. The minimum atomic E-state index is -1.13. The first-order valence-corrected chi connectivity index (χ1v) is 7.50. The zero-order chi connectivity index (χ0) is 14.8. The van der Waals surface area contributed by atoms with Crippen LogP contribution in [0.4, 0.5) is 8.78 Å². The fourth-order valence-electron chi connectivity index (χ4n) is 1.99. The molecule has 1 saturated carbocycles. The molecule has 0 aliphatic heterocycles. The van der Waals surface area contributed by atoms with E-state index < -0.39 is 23.1 Å². The van der Waals surface area contributed by atoms with Crippen molar-refractivity contribution in [3.63, 3.8) is 0 Å². The van der Waals surface area contributed by atoms with E-state index in [1.807, 2.05) is 0 Å². The fraction of sp³-hybridized carbons (Fsp3) is 0.500. The van der Waals surface area contributed by atoms with E-state index in [-0.39, 0.29) is 23.2 Å². The number of esters is 1. The van der Waals surface area contributed by atoms with E-state index in [2.05, 4.69) is 0 Å². The van der Waals surface area contributed by atoms with Crippen molar-refractivity contribution in [2.75, 3.05) is 12.4 Å². The zero-order valence-electron chi connectivity index (χ0n) is 11.2. The Kier molecular flexibility index (Phi) is 4.65. The van der Waals surface area contributed by atoms with E-state index in [0.29, 0.717) is 0 Å². The topological polar surface area (TPSA) is 52.3 Å². The monoisotopic (exact) mass is 301 g/mol. The Morgan fingerprint density at radius 1 is 1.50 bits per heavy atom. The van der Waals surface area contributed by atoms with Gasteiger partial charge in [-0.2, -0.15) is 0 Å². The Morgan fingerprint density at radius 2 is 2.20 bits per heavy atom. The van der Waals surface area contributed by atoms with Gasteiger partial charge in [0, 0.05) is 10.6 Å². The summed E-state index contributed by atoms with van der Waals surface area (Å²) >= 11 is 1.05. The Morgan fingerprint density at radius 3 is 2.80 bits per heavy atom. The summed E-state index contributed by atoms with van der Waals surface area (Å²) in [5, 5.41) is 0. The van der Waals surface area contributed by atoms with Gasteiger partial charge in [0.2, 0.25) is 0 Å². The number of hydrogen-bond acceptors (Lipinski definition) is 4. The predicted octanol–water partition coefficient (Wildman–Crippen LogP) is 2.73. The highest BCUT2D eigenvalue weighted by Crippen LogP contribution is 2.42. The molecule has 0 heterocycles. The molecule has 0 aromatic heterocycles. The van der Waals surface area contributed by atoms with Crippen molar-refractivity contribution in [2.45, 2.75) is 30.2 Å². The zero-order valence-corrected chi connectivity index (χ0v) is 12.0. The number of halogens is 2. The van der Waals surface area contributed by atoms with Gasteiger partial charge in [-0.05, 0) is 43.9 Å². The second-order valence-corrected chi connectivity index (χ2v) is 5.92. The van der Waals surface area contributed by atoms with E-state index in [1.54, 1.807) is 6.92 Å². The lowest BCUT2D eigenvalue weighted by Gasteiger charge is -2.26. The molecule has 1 aliphatic rings. The van der Waals surface area contributed by atoms with Crippen molar-refractivity contribution in [1.82, 2.24) is 0 Å². The number of carbonyl (C=O) groups excluding carboxylic acids is 1. The average molecular weight is 301 g/mol. The van der Waals surface area contributed by atoms with Crippen LogP contribution in [0, 0.1) is 17.6 Å². The fourth-order valence-corrected chi connectivity index (χ4v) is 3.14. The number of benzene rings is 1. The summed E-state index contributed by atoms with van der Waals surface area (Å²) in [4.78, 5) is 12.1. The Labute approximate surface area is 120 Å². The number of rotatable bonds is 6. The molecule has 2 rings (SSSR count). The van der Waals surface area contributed by atoms with Crippen LogP contribution in [-0.4, -0.2) is 23.9 Å². The summed E-state index contributed by atoms with van der Waals surface area (Å²) in [5.74, 6) is -1.26. The molecule has 0 amide bonds. The molecular formula is C14H17F2NO2S. The van der Waals surface area contributed by atoms with Gasteiger partial charge in [-0.15, -0.1) is 11.8 Å². The molecule has 1 aromatic rings. The van der Waals surface area contributed by atoms with Crippen molar-refractivity contribution in [2.24, 2.45) is 11.7 Å². The van der Waals surface area contributed by atoms with Gasteiger partial charge in [0.05, 0.1) is 6.61 Å².